The molecule has 1 aliphatic heterocycles. The Hall–Kier alpha value is -1.55. The number of nitrogens with one attached hydrogen (secondary N) is 1. The Morgan fingerprint density at radius 1 is 1.20 bits per heavy atom. The molecule has 0 saturated heterocycles. The van der Waals surface area contributed by atoms with Crippen molar-refractivity contribution in [3.05, 3.63) is 40.6 Å². The zero-order valence-electron chi connectivity index (χ0n) is 12.2. The van der Waals surface area contributed by atoms with E-state index in [0.29, 0.717) is 0 Å². The predicted octanol–water partition coefficient (Wildman–Crippen LogP) is 3.94. The van der Waals surface area contributed by atoms with Crippen LogP contribution in [-0.4, -0.2) is 16.5 Å². The first-order chi connectivity index (χ1) is 9.69. The molecule has 0 aliphatic carbocycles. The molecule has 2 aromatic rings. The van der Waals surface area contributed by atoms with Crippen molar-refractivity contribution in [1.29, 1.82) is 0 Å². The normalized spacial score (nSPS) is 13.3. The SMILES string of the molecule is CCNc1nc(-c2cc(C)ccc2C)nc2c1CSC2. The van der Waals surface area contributed by atoms with Crippen molar-refractivity contribution in [2.24, 2.45) is 0 Å². The number of aromatic nitrogens is 2. The number of benzene rings is 1. The zero-order chi connectivity index (χ0) is 14.1. The summed E-state index contributed by atoms with van der Waals surface area (Å²) in [6.07, 6.45) is 0. The number of rotatable bonds is 3. The number of aryl methyl sites for hydroxylation is 2. The van der Waals surface area contributed by atoms with Gasteiger partial charge in [-0.25, -0.2) is 9.97 Å². The van der Waals surface area contributed by atoms with Gasteiger partial charge in [-0.2, -0.15) is 11.8 Å². The average molecular weight is 285 g/mol. The third kappa shape index (κ3) is 2.40. The van der Waals surface area contributed by atoms with Gasteiger partial charge in [0.05, 0.1) is 5.69 Å². The monoisotopic (exact) mass is 285 g/mol. The molecule has 3 rings (SSSR count). The Morgan fingerprint density at radius 3 is 2.85 bits per heavy atom. The van der Waals surface area contributed by atoms with Crippen LogP contribution in [0, 0.1) is 13.8 Å². The lowest BCUT2D eigenvalue weighted by Crippen LogP contribution is -2.07. The molecule has 0 atom stereocenters. The highest BCUT2D eigenvalue weighted by Gasteiger charge is 2.20. The molecule has 0 unspecified atom stereocenters. The lowest BCUT2D eigenvalue weighted by Gasteiger charge is -2.12. The molecule has 3 nitrogen and oxygen atoms in total. The summed E-state index contributed by atoms with van der Waals surface area (Å²) in [4.78, 5) is 9.57. The van der Waals surface area contributed by atoms with E-state index >= 15 is 0 Å². The van der Waals surface area contributed by atoms with Crippen molar-refractivity contribution in [2.75, 3.05) is 11.9 Å². The highest BCUT2D eigenvalue weighted by atomic mass is 32.2. The van der Waals surface area contributed by atoms with Gasteiger partial charge in [-0.3, -0.25) is 0 Å². The fourth-order valence-electron chi connectivity index (χ4n) is 2.46. The summed E-state index contributed by atoms with van der Waals surface area (Å²) >= 11 is 1.91. The average Bonchev–Trinajstić information content (AvgIpc) is 2.90. The van der Waals surface area contributed by atoms with Gasteiger partial charge in [-0.1, -0.05) is 17.7 Å². The summed E-state index contributed by atoms with van der Waals surface area (Å²) in [5, 5.41) is 3.39. The second kappa shape index (κ2) is 5.44. The number of hydrogen-bond donors (Lipinski definition) is 1. The van der Waals surface area contributed by atoms with E-state index in [1.807, 2.05) is 11.8 Å². The van der Waals surface area contributed by atoms with Crippen LogP contribution in [0.1, 0.15) is 29.3 Å². The van der Waals surface area contributed by atoms with Gasteiger partial charge in [0, 0.05) is 29.2 Å². The maximum Gasteiger partial charge on any atom is 0.162 e. The number of hydrogen-bond acceptors (Lipinski definition) is 4. The van der Waals surface area contributed by atoms with Crippen molar-refractivity contribution in [2.45, 2.75) is 32.3 Å². The second-order valence-corrected chi connectivity index (χ2v) is 6.15. The fraction of sp³-hybridized carbons (Fsp3) is 0.375. The van der Waals surface area contributed by atoms with E-state index in [9.17, 15) is 0 Å². The third-order valence-electron chi connectivity index (χ3n) is 3.56. The first kappa shape index (κ1) is 13.4. The summed E-state index contributed by atoms with van der Waals surface area (Å²) in [6, 6.07) is 6.45. The van der Waals surface area contributed by atoms with E-state index in [4.69, 9.17) is 9.97 Å². The van der Waals surface area contributed by atoms with Crippen LogP contribution in [0.2, 0.25) is 0 Å². The maximum absolute atomic E-state index is 4.80. The van der Waals surface area contributed by atoms with Crippen molar-refractivity contribution in [1.82, 2.24) is 9.97 Å². The number of fused-ring (bicyclic) bond motifs is 1. The van der Waals surface area contributed by atoms with Crippen LogP contribution in [0.25, 0.3) is 11.4 Å². The first-order valence-electron chi connectivity index (χ1n) is 6.98. The van der Waals surface area contributed by atoms with Gasteiger partial charge in [0.1, 0.15) is 5.82 Å². The molecule has 2 heterocycles. The van der Waals surface area contributed by atoms with Gasteiger partial charge in [0.25, 0.3) is 0 Å². The summed E-state index contributed by atoms with van der Waals surface area (Å²) in [5.74, 6) is 3.88. The lowest BCUT2D eigenvalue weighted by molar-refractivity contribution is 1.05. The van der Waals surface area contributed by atoms with Crippen molar-refractivity contribution >= 4 is 17.6 Å². The molecule has 1 aliphatic rings. The van der Waals surface area contributed by atoms with Gasteiger partial charge in [0.2, 0.25) is 0 Å². The van der Waals surface area contributed by atoms with Crippen LogP contribution in [-0.2, 0) is 11.5 Å². The van der Waals surface area contributed by atoms with Crippen molar-refractivity contribution < 1.29 is 0 Å². The first-order valence-corrected chi connectivity index (χ1v) is 8.13. The van der Waals surface area contributed by atoms with E-state index in [2.05, 4.69) is 44.3 Å². The molecule has 0 fully saturated rings. The van der Waals surface area contributed by atoms with Crippen LogP contribution in [0.3, 0.4) is 0 Å². The van der Waals surface area contributed by atoms with Gasteiger partial charge < -0.3 is 5.32 Å². The second-order valence-electron chi connectivity index (χ2n) is 5.16. The summed E-state index contributed by atoms with van der Waals surface area (Å²) in [6.45, 7) is 7.22. The molecule has 104 valence electrons. The highest BCUT2D eigenvalue weighted by Crippen LogP contribution is 2.35. The Kier molecular flexibility index (Phi) is 3.66. The molecule has 0 bridgehead atoms. The predicted molar refractivity (Wildman–Crippen MR) is 86.1 cm³/mol. The number of nitrogens with zero attached hydrogens (tertiary/aromatic N) is 2. The highest BCUT2D eigenvalue weighted by molar-refractivity contribution is 7.98. The van der Waals surface area contributed by atoms with Crippen LogP contribution in [0.15, 0.2) is 18.2 Å². The number of anilines is 1. The smallest absolute Gasteiger partial charge is 0.162 e. The minimum Gasteiger partial charge on any atom is -0.370 e. The van der Waals surface area contributed by atoms with Gasteiger partial charge in [-0.05, 0) is 32.4 Å². The molecular formula is C16H19N3S. The summed E-state index contributed by atoms with van der Waals surface area (Å²) < 4.78 is 0. The van der Waals surface area contributed by atoms with Gasteiger partial charge >= 0.3 is 0 Å². The van der Waals surface area contributed by atoms with Crippen molar-refractivity contribution in [3.63, 3.8) is 0 Å². The van der Waals surface area contributed by atoms with Gasteiger partial charge in [-0.15, -0.1) is 0 Å². The maximum atomic E-state index is 4.80. The standard InChI is InChI=1S/C16H19N3S/c1-4-17-15-13-8-20-9-14(13)18-16(19-15)12-7-10(2)5-6-11(12)3/h5-7H,4,8-9H2,1-3H3,(H,17,18,19). The van der Waals surface area contributed by atoms with E-state index in [1.165, 1.54) is 22.4 Å². The third-order valence-corrected chi connectivity index (χ3v) is 4.53. The van der Waals surface area contributed by atoms with E-state index in [1.54, 1.807) is 0 Å². The molecule has 1 aromatic carbocycles. The van der Waals surface area contributed by atoms with Gasteiger partial charge in [0.15, 0.2) is 5.82 Å². The topological polar surface area (TPSA) is 37.8 Å². The molecule has 0 saturated carbocycles. The van der Waals surface area contributed by atoms with Crippen LogP contribution >= 0.6 is 11.8 Å². The van der Waals surface area contributed by atoms with E-state index in [0.717, 1.165) is 35.3 Å². The zero-order valence-corrected chi connectivity index (χ0v) is 13.0. The molecule has 4 heteroatoms. The minimum absolute atomic E-state index is 0.850. The van der Waals surface area contributed by atoms with Crippen LogP contribution < -0.4 is 5.32 Å². The Balaban J connectivity index is 2.14. The molecular weight excluding hydrogens is 266 g/mol. The minimum atomic E-state index is 0.850. The Labute approximate surface area is 124 Å². The lowest BCUT2D eigenvalue weighted by atomic mass is 10.0. The largest absolute Gasteiger partial charge is 0.370 e. The Bertz CT molecular complexity index is 652. The molecule has 0 radical (unpaired) electrons. The van der Waals surface area contributed by atoms with Crippen LogP contribution in [0.4, 0.5) is 5.82 Å². The Morgan fingerprint density at radius 2 is 2.05 bits per heavy atom. The molecule has 0 amide bonds. The molecule has 20 heavy (non-hydrogen) atoms. The summed E-state index contributed by atoms with van der Waals surface area (Å²) in [7, 11) is 0. The molecule has 1 N–H and O–H groups in total. The summed E-state index contributed by atoms with van der Waals surface area (Å²) in [5.41, 5.74) is 6.09. The number of thioether (sulfide) groups is 1. The quantitative estimate of drug-likeness (QED) is 0.927. The fourth-order valence-corrected chi connectivity index (χ4v) is 3.50. The molecule has 0 spiro atoms. The molecule has 1 aromatic heterocycles. The van der Waals surface area contributed by atoms with E-state index < -0.39 is 0 Å². The van der Waals surface area contributed by atoms with Crippen molar-refractivity contribution in [3.8, 4) is 11.4 Å². The van der Waals surface area contributed by atoms with Crippen LogP contribution in [0.5, 0.6) is 0 Å². The van der Waals surface area contributed by atoms with E-state index in [-0.39, 0.29) is 0 Å².